The monoisotopic (exact) mass is 218 g/mol. The van der Waals surface area contributed by atoms with Gasteiger partial charge in [0.15, 0.2) is 0 Å². The summed E-state index contributed by atoms with van der Waals surface area (Å²) in [6, 6.07) is 10.0. The SMILES string of the molecule is [CH-]=C[CH+][CH-]c1ccccc1.[Y]. The predicted octanol–water partition coefficient (Wildman–Crippen LogP) is 2.43. The van der Waals surface area contributed by atoms with Crippen molar-refractivity contribution >= 4 is 0 Å². The maximum atomic E-state index is 5.16. The van der Waals surface area contributed by atoms with Crippen LogP contribution >= 0.6 is 0 Å². The zero-order valence-corrected chi connectivity index (χ0v) is 9.11. The molecule has 1 rings (SSSR count). The van der Waals surface area contributed by atoms with Crippen LogP contribution in [0.2, 0.25) is 0 Å². The number of hydrogen-bond donors (Lipinski definition) is 0. The zero-order valence-electron chi connectivity index (χ0n) is 6.27. The standard InChI is InChI=1S/C10H9.Y/c1-2-3-7-10-8-5-4-6-9-10;/h1-9H;/q-1;. The van der Waals surface area contributed by atoms with Gasteiger partial charge in [0.05, 0.1) is 0 Å². The van der Waals surface area contributed by atoms with Gasteiger partial charge in [-0.15, -0.1) is 18.6 Å². The van der Waals surface area contributed by atoms with Gasteiger partial charge in [0.25, 0.3) is 0 Å². The van der Waals surface area contributed by atoms with Gasteiger partial charge >= 0.3 is 0 Å². The maximum absolute atomic E-state index is 5.16. The van der Waals surface area contributed by atoms with Crippen LogP contribution in [-0.4, -0.2) is 0 Å². The molecule has 0 heterocycles. The molecule has 0 aliphatic heterocycles. The fourth-order valence-electron chi connectivity index (χ4n) is 0.731. The van der Waals surface area contributed by atoms with Crippen molar-refractivity contribution < 1.29 is 32.7 Å². The molecule has 0 bridgehead atoms. The van der Waals surface area contributed by atoms with Crippen LogP contribution in [0.1, 0.15) is 5.56 Å². The van der Waals surface area contributed by atoms with E-state index in [0.717, 1.165) is 0 Å². The summed E-state index contributed by atoms with van der Waals surface area (Å²) in [6.45, 7) is 5.16. The molecule has 0 N–H and O–H groups in total. The van der Waals surface area contributed by atoms with Crippen molar-refractivity contribution in [1.29, 1.82) is 0 Å². The first kappa shape index (κ1) is 10.8. The van der Waals surface area contributed by atoms with E-state index in [9.17, 15) is 0 Å². The fourth-order valence-corrected chi connectivity index (χ4v) is 0.731. The summed E-state index contributed by atoms with van der Waals surface area (Å²) in [6.07, 6.45) is 5.29. The first-order chi connectivity index (χ1) is 4.93. The Labute approximate surface area is 93.6 Å². The second-order valence-corrected chi connectivity index (χ2v) is 1.96. The Hall–Kier alpha value is -0.196. The summed E-state index contributed by atoms with van der Waals surface area (Å²) in [5, 5.41) is 0. The molecule has 0 aliphatic carbocycles. The minimum absolute atomic E-state index is 0. The van der Waals surface area contributed by atoms with E-state index in [-0.39, 0.29) is 32.7 Å². The minimum atomic E-state index is 0. The molecular weight excluding hydrogens is 209 g/mol. The van der Waals surface area contributed by atoms with Crippen molar-refractivity contribution in [3.8, 4) is 0 Å². The zero-order chi connectivity index (χ0) is 7.23. The second-order valence-electron chi connectivity index (χ2n) is 1.96. The van der Waals surface area contributed by atoms with Gasteiger partial charge in [-0.3, -0.25) is 0 Å². The van der Waals surface area contributed by atoms with E-state index < -0.39 is 0 Å². The Kier molecular flexibility index (Phi) is 6.39. The molecule has 0 atom stereocenters. The number of allylic oxidation sites excluding steroid dienone is 1. The number of benzene rings is 1. The van der Waals surface area contributed by atoms with Crippen molar-refractivity contribution in [2.24, 2.45) is 0 Å². The van der Waals surface area contributed by atoms with E-state index in [1.165, 1.54) is 11.6 Å². The normalized spacial score (nSPS) is 7.64. The van der Waals surface area contributed by atoms with Crippen LogP contribution in [0.15, 0.2) is 36.4 Å². The molecule has 1 heteroatoms. The van der Waals surface area contributed by atoms with Gasteiger partial charge in [-0.25, -0.2) is 0 Å². The average Bonchev–Trinajstić information content (AvgIpc) is 2.03. The number of rotatable bonds is 3. The van der Waals surface area contributed by atoms with Crippen molar-refractivity contribution in [3.63, 3.8) is 0 Å². The summed E-state index contributed by atoms with van der Waals surface area (Å²) in [7, 11) is 0. The van der Waals surface area contributed by atoms with E-state index in [2.05, 4.69) is 0 Å². The smallest absolute Gasteiger partial charge is 0 e. The Balaban J connectivity index is 0.000001000. The summed E-state index contributed by atoms with van der Waals surface area (Å²) in [4.78, 5) is 0. The molecule has 0 nitrogen and oxygen atoms in total. The maximum Gasteiger partial charge on any atom is 0 e. The molecule has 0 aliphatic rings. The third kappa shape index (κ3) is 4.29. The summed E-state index contributed by atoms with van der Waals surface area (Å²) in [5.74, 6) is 0. The Bertz CT molecular complexity index is 191. The quantitative estimate of drug-likeness (QED) is 0.683. The Morgan fingerprint density at radius 2 is 1.91 bits per heavy atom. The van der Waals surface area contributed by atoms with Gasteiger partial charge in [0, 0.05) is 32.7 Å². The van der Waals surface area contributed by atoms with Crippen molar-refractivity contribution in [2.75, 3.05) is 0 Å². The topological polar surface area (TPSA) is 0 Å². The van der Waals surface area contributed by atoms with Crippen LogP contribution in [0.5, 0.6) is 0 Å². The Morgan fingerprint density at radius 1 is 1.27 bits per heavy atom. The molecule has 0 fully saturated rings. The van der Waals surface area contributed by atoms with Gasteiger partial charge in [-0.05, 0) is 0 Å². The summed E-state index contributed by atoms with van der Waals surface area (Å²) in [5.41, 5.74) is 1.17. The number of hydrogen-bond acceptors (Lipinski definition) is 0. The molecule has 0 aromatic heterocycles. The van der Waals surface area contributed by atoms with Crippen LogP contribution in [0.25, 0.3) is 0 Å². The van der Waals surface area contributed by atoms with Crippen LogP contribution in [-0.2, 0) is 32.7 Å². The van der Waals surface area contributed by atoms with Gasteiger partial charge in [-0.1, -0.05) is 18.7 Å². The van der Waals surface area contributed by atoms with E-state index in [4.69, 9.17) is 6.58 Å². The molecule has 1 radical (unpaired) electrons. The molecule has 53 valence electrons. The molecule has 0 saturated heterocycles. The minimum Gasteiger partial charge on any atom is -0.188 e. The van der Waals surface area contributed by atoms with E-state index in [1.54, 1.807) is 0 Å². The van der Waals surface area contributed by atoms with Crippen molar-refractivity contribution in [3.05, 3.63) is 61.4 Å². The van der Waals surface area contributed by atoms with Crippen LogP contribution in [0.3, 0.4) is 0 Å². The van der Waals surface area contributed by atoms with Crippen molar-refractivity contribution in [2.45, 2.75) is 0 Å². The van der Waals surface area contributed by atoms with E-state index in [1.807, 2.05) is 43.2 Å². The third-order valence-corrected chi connectivity index (χ3v) is 1.20. The largest absolute Gasteiger partial charge is 0.188 e. The Morgan fingerprint density at radius 3 is 2.45 bits per heavy atom. The van der Waals surface area contributed by atoms with Gasteiger partial charge in [0.2, 0.25) is 0 Å². The molecular formula is C10H9Y-. The molecule has 0 saturated carbocycles. The molecule has 1 aromatic carbocycles. The van der Waals surface area contributed by atoms with Crippen LogP contribution in [0.4, 0.5) is 0 Å². The van der Waals surface area contributed by atoms with Gasteiger partial charge in [-0.2, -0.15) is 24.1 Å². The van der Waals surface area contributed by atoms with Crippen LogP contribution in [0, 0.1) is 19.4 Å². The predicted molar refractivity (Wildman–Crippen MR) is 43.0 cm³/mol. The molecule has 11 heavy (non-hydrogen) atoms. The fraction of sp³-hybridized carbons (Fsp3) is 0. The summed E-state index contributed by atoms with van der Waals surface area (Å²) >= 11 is 0. The van der Waals surface area contributed by atoms with Crippen LogP contribution < -0.4 is 0 Å². The second kappa shape index (κ2) is 6.51. The third-order valence-electron chi connectivity index (χ3n) is 1.20. The molecule has 0 unspecified atom stereocenters. The average molecular weight is 218 g/mol. The first-order valence-corrected chi connectivity index (χ1v) is 3.20. The van der Waals surface area contributed by atoms with Crippen molar-refractivity contribution in [1.82, 2.24) is 0 Å². The first-order valence-electron chi connectivity index (χ1n) is 3.20. The molecule has 0 amide bonds. The van der Waals surface area contributed by atoms with E-state index in [0.29, 0.717) is 0 Å². The van der Waals surface area contributed by atoms with Gasteiger partial charge < -0.3 is 0 Å². The van der Waals surface area contributed by atoms with E-state index >= 15 is 0 Å². The summed E-state index contributed by atoms with van der Waals surface area (Å²) < 4.78 is 0. The molecule has 0 spiro atoms. The van der Waals surface area contributed by atoms with Gasteiger partial charge in [0.1, 0.15) is 0 Å². The molecule has 1 aromatic rings.